The first-order valence-corrected chi connectivity index (χ1v) is 6.96. The van der Waals surface area contributed by atoms with Crippen LogP contribution in [-0.4, -0.2) is 34.5 Å². The monoisotopic (exact) mass is 251 g/mol. The van der Waals surface area contributed by atoms with Crippen molar-refractivity contribution in [1.29, 1.82) is 0 Å². The minimum Gasteiger partial charge on any atom is -0.347 e. The Morgan fingerprint density at radius 2 is 2.12 bits per heavy atom. The van der Waals surface area contributed by atoms with E-state index in [9.17, 15) is 0 Å². The Morgan fingerprint density at radius 3 is 2.71 bits per heavy atom. The van der Waals surface area contributed by atoms with Crippen molar-refractivity contribution in [3.8, 4) is 0 Å². The van der Waals surface area contributed by atoms with Crippen LogP contribution in [0.25, 0.3) is 0 Å². The fourth-order valence-corrected chi connectivity index (χ4v) is 2.30. The Morgan fingerprint density at radius 1 is 1.41 bits per heavy atom. The van der Waals surface area contributed by atoms with E-state index in [-0.39, 0.29) is 0 Å². The van der Waals surface area contributed by atoms with Crippen molar-refractivity contribution < 1.29 is 0 Å². The van der Waals surface area contributed by atoms with E-state index >= 15 is 0 Å². The number of rotatable bonds is 6. The third kappa shape index (κ3) is 3.61. The molecule has 0 aromatic carbocycles. The van der Waals surface area contributed by atoms with Crippen molar-refractivity contribution in [2.45, 2.75) is 39.0 Å². The number of aromatic amines is 1. The van der Waals surface area contributed by atoms with Gasteiger partial charge < -0.3 is 9.88 Å². The van der Waals surface area contributed by atoms with Crippen LogP contribution in [0.5, 0.6) is 0 Å². The van der Waals surface area contributed by atoms with E-state index in [1.807, 2.05) is 6.07 Å². The number of hydrogen-bond donors (Lipinski definition) is 1. The van der Waals surface area contributed by atoms with Gasteiger partial charge in [0.2, 0.25) is 0 Å². The lowest BCUT2D eigenvalue weighted by Gasteiger charge is -2.17. The first-order valence-electron chi connectivity index (χ1n) is 6.55. The summed E-state index contributed by atoms with van der Waals surface area (Å²) in [5.74, 6) is 1.76. The van der Waals surface area contributed by atoms with Crippen molar-refractivity contribution in [1.82, 2.24) is 14.9 Å². The van der Waals surface area contributed by atoms with Crippen molar-refractivity contribution >= 4 is 12.2 Å². The van der Waals surface area contributed by atoms with Gasteiger partial charge in [0, 0.05) is 18.7 Å². The summed E-state index contributed by atoms with van der Waals surface area (Å²) in [6.45, 7) is 7.64. The molecule has 0 amide bonds. The van der Waals surface area contributed by atoms with Crippen LogP contribution in [-0.2, 0) is 6.42 Å². The molecular formula is C13H21N3S. The molecule has 1 N–H and O–H groups in total. The minimum atomic E-state index is 0.715. The van der Waals surface area contributed by atoms with Gasteiger partial charge in [-0.05, 0) is 37.9 Å². The highest BCUT2D eigenvalue weighted by molar-refractivity contribution is 7.71. The topological polar surface area (TPSA) is 31.9 Å². The summed E-state index contributed by atoms with van der Waals surface area (Å²) in [4.78, 5) is 10.3. The number of nitrogens with one attached hydrogen (secondary N) is 1. The van der Waals surface area contributed by atoms with Gasteiger partial charge in [0.25, 0.3) is 0 Å². The van der Waals surface area contributed by atoms with Crippen LogP contribution < -0.4 is 0 Å². The molecule has 0 spiro atoms. The zero-order valence-corrected chi connectivity index (χ0v) is 11.5. The Bertz CT molecular complexity index is 419. The van der Waals surface area contributed by atoms with Crippen LogP contribution in [0.4, 0.5) is 0 Å². The molecule has 0 aliphatic heterocycles. The van der Waals surface area contributed by atoms with E-state index in [0.717, 1.165) is 36.5 Å². The highest BCUT2D eigenvalue weighted by atomic mass is 32.1. The van der Waals surface area contributed by atoms with Crippen LogP contribution in [0.3, 0.4) is 0 Å². The zero-order valence-electron chi connectivity index (χ0n) is 10.7. The van der Waals surface area contributed by atoms with Gasteiger partial charge in [-0.2, -0.15) is 0 Å². The summed E-state index contributed by atoms with van der Waals surface area (Å²) >= 11 is 5.23. The number of aromatic nitrogens is 2. The van der Waals surface area contributed by atoms with E-state index in [2.05, 4.69) is 28.7 Å². The summed E-state index contributed by atoms with van der Waals surface area (Å²) < 4.78 is 0.736. The lowest BCUT2D eigenvalue weighted by atomic mass is 10.2. The van der Waals surface area contributed by atoms with Gasteiger partial charge >= 0.3 is 0 Å². The quantitative estimate of drug-likeness (QED) is 0.789. The van der Waals surface area contributed by atoms with Crippen LogP contribution in [0.15, 0.2) is 6.07 Å². The van der Waals surface area contributed by atoms with E-state index < -0.39 is 0 Å². The van der Waals surface area contributed by atoms with Gasteiger partial charge in [-0.25, -0.2) is 4.98 Å². The fourth-order valence-electron chi connectivity index (χ4n) is 2.07. The molecule has 0 unspecified atom stereocenters. The second-order valence-corrected chi connectivity index (χ2v) is 5.09. The standard InChI is InChI=1S/C13H21N3S/c1-3-16(4-2)8-7-12-14-11(10-5-6-10)9-13(17)15-12/h9-10H,3-8H2,1-2H3,(H,14,15,17). The van der Waals surface area contributed by atoms with Gasteiger partial charge in [0.1, 0.15) is 10.5 Å². The molecule has 0 bridgehead atoms. The summed E-state index contributed by atoms with van der Waals surface area (Å²) in [5, 5.41) is 0. The lowest BCUT2D eigenvalue weighted by molar-refractivity contribution is 0.305. The smallest absolute Gasteiger partial charge is 0.129 e. The van der Waals surface area contributed by atoms with E-state index in [4.69, 9.17) is 12.2 Å². The van der Waals surface area contributed by atoms with Crippen LogP contribution in [0.1, 0.15) is 44.1 Å². The molecule has 1 aliphatic carbocycles. The molecule has 1 aromatic rings. The first-order chi connectivity index (χ1) is 8.22. The molecule has 17 heavy (non-hydrogen) atoms. The molecule has 1 aromatic heterocycles. The normalized spacial score (nSPS) is 15.5. The van der Waals surface area contributed by atoms with Crippen LogP contribution >= 0.6 is 12.2 Å². The average Bonchev–Trinajstić information content (AvgIpc) is 3.13. The number of H-pyrrole nitrogens is 1. The first kappa shape index (κ1) is 12.7. The molecular weight excluding hydrogens is 230 g/mol. The molecule has 1 aliphatic rings. The van der Waals surface area contributed by atoms with Crippen molar-refractivity contribution in [3.05, 3.63) is 22.2 Å². The molecule has 0 radical (unpaired) electrons. The number of nitrogens with zero attached hydrogens (tertiary/aromatic N) is 2. The zero-order chi connectivity index (χ0) is 12.3. The lowest BCUT2D eigenvalue weighted by Crippen LogP contribution is -2.25. The van der Waals surface area contributed by atoms with Crippen LogP contribution in [0.2, 0.25) is 0 Å². The van der Waals surface area contributed by atoms with E-state index in [1.165, 1.54) is 18.5 Å². The second kappa shape index (κ2) is 5.74. The van der Waals surface area contributed by atoms with Gasteiger partial charge in [0.15, 0.2) is 0 Å². The Kier molecular flexibility index (Phi) is 4.29. The SMILES string of the molecule is CCN(CC)CCc1nc(=S)cc(C2CC2)[nH]1. The van der Waals surface area contributed by atoms with Gasteiger partial charge in [-0.1, -0.05) is 26.1 Å². The third-order valence-electron chi connectivity index (χ3n) is 3.39. The molecule has 3 nitrogen and oxygen atoms in total. The molecule has 1 saturated carbocycles. The predicted octanol–water partition coefficient (Wildman–Crippen LogP) is 2.90. The fraction of sp³-hybridized carbons (Fsp3) is 0.692. The summed E-state index contributed by atoms with van der Waals surface area (Å²) in [5.41, 5.74) is 1.29. The number of likely N-dealkylation sites (N-methyl/N-ethyl adjacent to an activating group) is 1. The molecule has 1 heterocycles. The highest BCUT2D eigenvalue weighted by Crippen LogP contribution is 2.38. The van der Waals surface area contributed by atoms with Gasteiger partial charge in [0.05, 0.1) is 0 Å². The summed E-state index contributed by atoms with van der Waals surface area (Å²) in [6.07, 6.45) is 3.56. The Balaban J connectivity index is 2.02. The second-order valence-electron chi connectivity index (χ2n) is 4.67. The van der Waals surface area contributed by atoms with Gasteiger partial charge in [-0.15, -0.1) is 0 Å². The average molecular weight is 251 g/mol. The summed E-state index contributed by atoms with van der Waals surface area (Å²) in [6, 6.07) is 2.02. The van der Waals surface area contributed by atoms with Crippen molar-refractivity contribution in [3.63, 3.8) is 0 Å². The van der Waals surface area contributed by atoms with E-state index in [0.29, 0.717) is 5.92 Å². The molecule has 1 fully saturated rings. The van der Waals surface area contributed by atoms with Gasteiger partial charge in [-0.3, -0.25) is 0 Å². The van der Waals surface area contributed by atoms with Crippen molar-refractivity contribution in [2.75, 3.05) is 19.6 Å². The maximum Gasteiger partial charge on any atom is 0.129 e. The Hall–Kier alpha value is -0.740. The third-order valence-corrected chi connectivity index (χ3v) is 3.60. The van der Waals surface area contributed by atoms with E-state index in [1.54, 1.807) is 0 Å². The van der Waals surface area contributed by atoms with Crippen molar-refractivity contribution in [2.24, 2.45) is 0 Å². The largest absolute Gasteiger partial charge is 0.347 e. The summed E-state index contributed by atoms with van der Waals surface area (Å²) in [7, 11) is 0. The predicted molar refractivity (Wildman–Crippen MR) is 72.9 cm³/mol. The molecule has 0 saturated heterocycles. The number of hydrogen-bond acceptors (Lipinski definition) is 3. The molecule has 94 valence electrons. The molecule has 0 atom stereocenters. The maximum absolute atomic E-state index is 5.23. The maximum atomic E-state index is 5.23. The Labute approximate surface area is 108 Å². The molecule has 2 rings (SSSR count). The highest BCUT2D eigenvalue weighted by Gasteiger charge is 2.24. The minimum absolute atomic E-state index is 0.715. The van der Waals surface area contributed by atoms with Crippen LogP contribution in [0, 0.1) is 4.64 Å². The molecule has 4 heteroatoms.